The highest BCUT2D eigenvalue weighted by atomic mass is 16.6. The second-order valence-corrected chi connectivity index (χ2v) is 8.17. The summed E-state index contributed by atoms with van der Waals surface area (Å²) in [7, 11) is 2.01. The topological polar surface area (TPSA) is 58.8 Å². The van der Waals surface area contributed by atoms with Gasteiger partial charge in [-0.05, 0) is 43.1 Å². The molecule has 30 heavy (non-hydrogen) atoms. The molecule has 0 amide bonds. The molecule has 2 aromatic carbocycles. The van der Waals surface area contributed by atoms with Crippen LogP contribution < -0.4 is 0 Å². The average molecular weight is 412 g/mol. The summed E-state index contributed by atoms with van der Waals surface area (Å²) < 4.78 is 5.77. The molecule has 0 aromatic heterocycles. The number of non-ortho nitro benzene ring substituents is 1. The Labute approximate surface area is 179 Å². The molecule has 0 bridgehead atoms. The van der Waals surface area contributed by atoms with E-state index in [1.807, 2.05) is 13.1 Å². The predicted molar refractivity (Wildman–Crippen MR) is 119 cm³/mol. The summed E-state index contributed by atoms with van der Waals surface area (Å²) in [6.45, 7) is 6.38. The van der Waals surface area contributed by atoms with Crippen molar-refractivity contribution in [3.05, 3.63) is 75.3 Å². The molecule has 2 aromatic rings. The van der Waals surface area contributed by atoms with Crippen molar-refractivity contribution in [1.82, 2.24) is 9.80 Å². The summed E-state index contributed by atoms with van der Waals surface area (Å²) in [6.07, 6.45) is 4.82. The van der Waals surface area contributed by atoms with Gasteiger partial charge in [0.1, 0.15) is 0 Å². The lowest BCUT2D eigenvalue weighted by molar-refractivity contribution is -0.384. The van der Waals surface area contributed by atoms with Crippen LogP contribution in [0.2, 0.25) is 0 Å². The van der Waals surface area contributed by atoms with Gasteiger partial charge in [-0.1, -0.05) is 49.2 Å². The third kappa shape index (κ3) is 7.20. The number of benzene rings is 2. The molecule has 0 saturated heterocycles. The van der Waals surface area contributed by atoms with Crippen molar-refractivity contribution in [2.75, 3.05) is 33.4 Å². The molecular formula is C24H33N3O3. The molecule has 6 nitrogen and oxygen atoms in total. The number of hydrogen-bond acceptors (Lipinski definition) is 5. The summed E-state index contributed by atoms with van der Waals surface area (Å²) in [4.78, 5) is 15.2. The SMILES string of the molecule is CN(CCOCCCCCCN1Cc2ccccc2C1)Cc1cccc([N+](=O)[O-])c1. The van der Waals surface area contributed by atoms with Gasteiger partial charge in [0.15, 0.2) is 0 Å². The molecule has 0 unspecified atom stereocenters. The second-order valence-electron chi connectivity index (χ2n) is 8.17. The maximum absolute atomic E-state index is 10.9. The third-order valence-corrected chi connectivity index (χ3v) is 5.61. The smallest absolute Gasteiger partial charge is 0.269 e. The Hall–Kier alpha value is -2.28. The number of likely N-dealkylation sites (N-methyl/N-ethyl adjacent to an activating group) is 1. The average Bonchev–Trinajstić information content (AvgIpc) is 3.15. The summed E-state index contributed by atoms with van der Waals surface area (Å²) >= 11 is 0. The molecule has 1 heterocycles. The fraction of sp³-hybridized carbons (Fsp3) is 0.500. The van der Waals surface area contributed by atoms with Crippen molar-refractivity contribution in [1.29, 1.82) is 0 Å². The Balaban J connectivity index is 1.17. The molecule has 0 N–H and O–H groups in total. The van der Waals surface area contributed by atoms with E-state index in [9.17, 15) is 10.1 Å². The summed E-state index contributed by atoms with van der Waals surface area (Å²) in [5.41, 5.74) is 4.07. The molecule has 0 aliphatic carbocycles. The first kappa shape index (κ1) is 22.4. The van der Waals surface area contributed by atoms with Gasteiger partial charge in [-0.15, -0.1) is 0 Å². The van der Waals surface area contributed by atoms with Crippen LogP contribution in [0.3, 0.4) is 0 Å². The molecule has 0 spiro atoms. The molecule has 3 rings (SSSR count). The zero-order valence-corrected chi connectivity index (χ0v) is 18.0. The van der Waals surface area contributed by atoms with E-state index in [-0.39, 0.29) is 10.6 Å². The molecule has 162 valence electrons. The first-order valence-electron chi connectivity index (χ1n) is 10.9. The van der Waals surface area contributed by atoms with Crippen LogP contribution in [0.5, 0.6) is 0 Å². The van der Waals surface area contributed by atoms with E-state index >= 15 is 0 Å². The lowest BCUT2D eigenvalue weighted by atomic mass is 10.1. The van der Waals surface area contributed by atoms with Gasteiger partial charge < -0.3 is 4.74 Å². The molecule has 0 saturated carbocycles. The maximum atomic E-state index is 10.9. The Kier molecular flexibility index (Phi) is 8.81. The highest BCUT2D eigenvalue weighted by Crippen LogP contribution is 2.22. The van der Waals surface area contributed by atoms with Gasteiger partial charge in [-0.25, -0.2) is 0 Å². The van der Waals surface area contributed by atoms with Crippen LogP contribution in [0.1, 0.15) is 42.4 Å². The Morgan fingerprint density at radius 3 is 2.47 bits per heavy atom. The molecule has 0 fully saturated rings. The number of unbranched alkanes of at least 4 members (excludes halogenated alkanes) is 3. The lowest BCUT2D eigenvalue weighted by Crippen LogP contribution is -2.23. The minimum absolute atomic E-state index is 0.145. The normalized spacial score (nSPS) is 13.7. The van der Waals surface area contributed by atoms with E-state index in [0.717, 1.165) is 38.2 Å². The first-order valence-corrected chi connectivity index (χ1v) is 10.9. The molecule has 1 aliphatic heterocycles. The zero-order chi connectivity index (χ0) is 21.2. The number of nitro groups is 1. The maximum Gasteiger partial charge on any atom is 0.269 e. The van der Waals surface area contributed by atoms with E-state index in [4.69, 9.17) is 4.74 Å². The van der Waals surface area contributed by atoms with E-state index < -0.39 is 0 Å². The Morgan fingerprint density at radius 2 is 1.73 bits per heavy atom. The summed E-state index contributed by atoms with van der Waals surface area (Å²) in [6, 6.07) is 15.6. The van der Waals surface area contributed by atoms with Crippen molar-refractivity contribution in [3.63, 3.8) is 0 Å². The quantitative estimate of drug-likeness (QED) is 0.273. The van der Waals surface area contributed by atoms with Crippen molar-refractivity contribution >= 4 is 5.69 Å². The summed E-state index contributed by atoms with van der Waals surface area (Å²) in [5, 5.41) is 10.9. The van der Waals surface area contributed by atoms with E-state index in [1.54, 1.807) is 12.1 Å². The van der Waals surface area contributed by atoms with Gasteiger partial charge in [0, 0.05) is 44.9 Å². The van der Waals surface area contributed by atoms with E-state index in [0.29, 0.717) is 13.2 Å². The molecule has 0 radical (unpaired) electrons. The van der Waals surface area contributed by atoms with Gasteiger partial charge in [-0.2, -0.15) is 0 Å². The number of hydrogen-bond donors (Lipinski definition) is 0. The number of rotatable bonds is 13. The van der Waals surface area contributed by atoms with E-state index in [2.05, 4.69) is 34.1 Å². The van der Waals surface area contributed by atoms with Crippen molar-refractivity contribution in [2.45, 2.75) is 45.3 Å². The first-order chi connectivity index (χ1) is 14.6. The van der Waals surface area contributed by atoms with Crippen LogP contribution in [0, 0.1) is 10.1 Å². The predicted octanol–water partition coefficient (Wildman–Crippen LogP) is 4.62. The molecule has 1 aliphatic rings. The van der Waals surface area contributed by atoms with Crippen molar-refractivity contribution in [3.8, 4) is 0 Å². The Bertz CT molecular complexity index is 787. The fourth-order valence-corrected chi connectivity index (χ4v) is 3.94. The Morgan fingerprint density at radius 1 is 1.00 bits per heavy atom. The molecule has 0 atom stereocenters. The highest BCUT2D eigenvalue weighted by Gasteiger charge is 2.17. The van der Waals surface area contributed by atoms with E-state index in [1.165, 1.54) is 43.0 Å². The molecule has 6 heteroatoms. The van der Waals surface area contributed by atoms with Gasteiger partial charge in [0.2, 0.25) is 0 Å². The van der Waals surface area contributed by atoms with Crippen LogP contribution >= 0.6 is 0 Å². The monoisotopic (exact) mass is 411 g/mol. The van der Waals surface area contributed by atoms with Crippen molar-refractivity contribution in [2.24, 2.45) is 0 Å². The van der Waals surface area contributed by atoms with Gasteiger partial charge in [0.25, 0.3) is 5.69 Å². The second kappa shape index (κ2) is 11.8. The van der Waals surface area contributed by atoms with Crippen LogP contribution in [0.4, 0.5) is 5.69 Å². The zero-order valence-electron chi connectivity index (χ0n) is 18.0. The number of nitrogens with zero attached hydrogens (tertiary/aromatic N) is 3. The number of nitro benzene ring substituents is 1. The fourth-order valence-electron chi connectivity index (χ4n) is 3.94. The van der Waals surface area contributed by atoms with Crippen molar-refractivity contribution < 1.29 is 9.66 Å². The number of ether oxygens (including phenoxy) is 1. The van der Waals surface area contributed by atoms with Crippen LogP contribution in [-0.2, 0) is 24.4 Å². The van der Waals surface area contributed by atoms with Gasteiger partial charge >= 0.3 is 0 Å². The minimum atomic E-state index is -0.350. The van der Waals surface area contributed by atoms with Crippen LogP contribution in [0.15, 0.2) is 48.5 Å². The lowest BCUT2D eigenvalue weighted by Gasteiger charge is -2.16. The molecular weight excluding hydrogens is 378 g/mol. The van der Waals surface area contributed by atoms with Gasteiger partial charge in [-0.3, -0.25) is 19.9 Å². The third-order valence-electron chi connectivity index (χ3n) is 5.61. The van der Waals surface area contributed by atoms with Crippen LogP contribution in [0.25, 0.3) is 0 Å². The largest absolute Gasteiger partial charge is 0.380 e. The number of fused-ring (bicyclic) bond motifs is 1. The minimum Gasteiger partial charge on any atom is -0.380 e. The highest BCUT2D eigenvalue weighted by molar-refractivity contribution is 5.34. The van der Waals surface area contributed by atoms with Crippen LogP contribution in [-0.4, -0.2) is 48.1 Å². The van der Waals surface area contributed by atoms with Gasteiger partial charge in [0.05, 0.1) is 11.5 Å². The standard InChI is InChI=1S/C24H33N3O3/c1-25(18-21-9-8-12-24(17-21)27(28)29)14-16-30-15-7-3-2-6-13-26-19-22-10-4-5-11-23(22)20-26/h4-5,8-12,17H,2-3,6-7,13-16,18-20H2,1H3. The summed E-state index contributed by atoms with van der Waals surface area (Å²) in [5.74, 6) is 0.